The number of amides is 1. The second-order valence-corrected chi connectivity index (χ2v) is 6.31. The fourth-order valence-electron chi connectivity index (χ4n) is 2.56. The van der Waals surface area contributed by atoms with Crippen molar-refractivity contribution in [2.45, 2.75) is 12.4 Å². The third kappa shape index (κ3) is 6.03. The number of halogens is 7. The fraction of sp³-hybridized carbons (Fsp3) is 0.143. The van der Waals surface area contributed by atoms with Crippen molar-refractivity contribution >= 4 is 23.6 Å². The summed E-state index contributed by atoms with van der Waals surface area (Å²) in [7, 11) is 1.10. The average Bonchev–Trinajstić information content (AvgIpc) is 2.73. The molecule has 5 nitrogen and oxygen atoms in total. The minimum atomic E-state index is -5.36. The first kappa shape index (κ1) is 25.3. The van der Waals surface area contributed by atoms with Gasteiger partial charge in [0.15, 0.2) is 5.75 Å². The summed E-state index contributed by atoms with van der Waals surface area (Å²) in [5.74, 6) is -1.90. The highest BCUT2D eigenvalue weighted by atomic mass is 19.4. The lowest BCUT2D eigenvalue weighted by Crippen LogP contribution is -2.30. The molecule has 2 aromatic carbocycles. The molecule has 2 aromatic rings. The van der Waals surface area contributed by atoms with Gasteiger partial charge in [-0.05, 0) is 36.4 Å². The number of nitrogens with zero attached hydrogens (tertiary/aromatic N) is 2. The number of carbonyl (C=O) groups is 1. The molecule has 0 atom stereocenters. The van der Waals surface area contributed by atoms with Crippen LogP contribution in [-0.4, -0.2) is 19.4 Å². The second-order valence-electron chi connectivity index (χ2n) is 6.31. The van der Waals surface area contributed by atoms with Gasteiger partial charge in [0.25, 0.3) is 0 Å². The molecular weight excluding hydrogens is 459 g/mol. The van der Waals surface area contributed by atoms with Gasteiger partial charge in [0.2, 0.25) is 0 Å². The van der Waals surface area contributed by atoms with Crippen LogP contribution in [0.2, 0.25) is 0 Å². The molecule has 0 bridgehead atoms. The SMILES string of the molecule is C#CN=C/C(=C\N)c1cc(C(F)(F)F)cc(C(F)(F)F)c1OC(=O)N(C)c1ccc(F)cc1. The third-order valence-corrected chi connectivity index (χ3v) is 4.17. The Morgan fingerprint density at radius 3 is 2.21 bits per heavy atom. The Balaban J connectivity index is 2.72. The van der Waals surface area contributed by atoms with Crippen LogP contribution in [0.1, 0.15) is 16.7 Å². The number of ether oxygens (including phenoxy) is 1. The van der Waals surface area contributed by atoms with Crippen LogP contribution < -0.4 is 15.4 Å². The van der Waals surface area contributed by atoms with Crippen LogP contribution in [-0.2, 0) is 12.4 Å². The molecule has 2 rings (SSSR count). The number of aliphatic imine (C=N–C) groups is 1. The van der Waals surface area contributed by atoms with Gasteiger partial charge in [-0.15, -0.1) is 0 Å². The van der Waals surface area contributed by atoms with Crippen molar-refractivity contribution in [2.24, 2.45) is 10.7 Å². The molecule has 174 valence electrons. The smallest absolute Gasteiger partial charge is 0.409 e. The summed E-state index contributed by atoms with van der Waals surface area (Å²) in [6, 6.07) is 6.14. The molecule has 0 aliphatic heterocycles. The highest BCUT2D eigenvalue weighted by molar-refractivity contribution is 6.11. The van der Waals surface area contributed by atoms with Crippen molar-refractivity contribution in [3.05, 3.63) is 65.1 Å². The van der Waals surface area contributed by atoms with E-state index in [1.807, 2.05) is 0 Å². The van der Waals surface area contributed by atoms with Crippen molar-refractivity contribution in [1.29, 1.82) is 0 Å². The van der Waals surface area contributed by atoms with Crippen LogP contribution in [0, 0.1) is 18.3 Å². The molecule has 0 radical (unpaired) electrons. The minimum Gasteiger partial charge on any atom is -0.409 e. The van der Waals surface area contributed by atoms with Crippen LogP contribution in [0.15, 0.2) is 47.6 Å². The summed E-state index contributed by atoms with van der Waals surface area (Å²) in [5.41, 5.74) is 0.520. The predicted molar refractivity (Wildman–Crippen MR) is 107 cm³/mol. The molecule has 0 spiro atoms. The van der Waals surface area contributed by atoms with E-state index in [4.69, 9.17) is 16.9 Å². The average molecular weight is 473 g/mol. The topological polar surface area (TPSA) is 67.9 Å². The summed E-state index contributed by atoms with van der Waals surface area (Å²) >= 11 is 0. The molecule has 0 aliphatic carbocycles. The molecule has 1 amide bonds. The number of nitrogens with two attached hydrogens (primary N) is 1. The first-order valence-corrected chi connectivity index (χ1v) is 8.74. The van der Waals surface area contributed by atoms with Gasteiger partial charge in [-0.3, -0.25) is 4.90 Å². The Morgan fingerprint density at radius 2 is 1.73 bits per heavy atom. The summed E-state index contributed by atoms with van der Waals surface area (Å²) in [6.45, 7) is 0. The van der Waals surface area contributed by atoms with Gasteiger partial charge in [-0.1, -0.05) is 6.42 Å². The summed E-state index contributed by atoms with van der Waals surface area (Å²) < 4.78 is 99.0. The molecule has 0 aliphatic rings. The maximum Gasteiger partial charge on any atom is 0.420 e. The van der Waals surface area contributed by atoms with Crippen LogP contribution in [0.3, 0.4) is 0 Å². The molecule has 0 heterocycles. The van der Waals surface area contributed by atoms with Crippen LogP contribution in [0.4, 0.5) is 41.2 Å². The molecule has 0 aromatic heterocycles. The third-order valence-electron chi connectivity index (χ3n) is 4.17. The predicted octanol–water partition coefficient (Wildman–Crippen LogP) is 5.46. The molecule has 0 unspecified atom stereocenters. The largest absolute Gasteiger partial charge is 0.420 e. The van der Waals surface area contributed by atoms with Crippen molar-refractivity contribution in [2.75, 3.05) is 11.9 Å². The van der Waals surface area contributed by atoms with Gasteiger partial charge in [0.05, 0.1) is 11.1 Å². The Bertz CT molecular complexity index is 1130. The quantitative estimate of drug-likeness (QED) is 0.364. The van der Waals surface area contributed by atoms with E-state index in [0.29, 0.717) is 12.3 Å². The van der Waals surface area contributed by atoms with Crippen LogP contribution in [0.5, 0.6) is 5.75 Å². The number of alkyl halides is 6. The maximum atomic E-state index is 13.7. The van der Waals surface area contributed by atoms with Gasteiger partial charge >= 0.3 is 18.4 Å². The molecule has 0 saturated heterocycles. The van der Waals surface area contributed by atoms with E-state index in [9.17, 15) is 35.5 Å². The van der Waals surface area contributed by atoms with Crippen LogP contribution in [0.25, 0.3) is 5.57 Å². The molecule has 2 N–H and O–H groups in total. The summed E-state index contributed by atoms with van der Waals surface area (Å²) in [6.07, 6.45) is -5.61. The lowest BCUT2D eigenvalue weighted by Gasteiger charge is -2.22. The highest BCUT2D eigenvalue weighted by Gasteiger charge is 2.41. The van der Waals surface area contributed by atoms with Crippen LogP contribution >= 0.6 is 0 Å². The molecular formula is C21H14F7N3O2. The van der Waals surface area contributed by atoms with E-state index in [-0.39, 0.29) is 11.8 Å². The van der Waals surface area contributed by atoms with E-state index in [2.05, 4.69) is 4.99 Å². The first-order chi connectivity index (χ1) is 15.3. The van der Waals surface area contributed by atoms with Gasteiger partial charge in [-0.25, -0.2) is 14.2 Å². The van der Waals surface area contributed by atoms with E-state index < -0.39 is 52.3 Å². The van der Waals surface area contributed by atoms with Crippen molar-refractivity contribution in [3.8, 4) is 18.2 Å². The Morgan fingerprint density at radius 1 is 1.12 bits per heavy atom. The molecule has 12 heteroatoms. The minimum absolute atomic E-state index is 0.0342. The van der Waals surface area contributed by atoms with Crippen molar-refractivity contribution in [1.82, 2.24) is 0 Å². The molecule has 33 heavy (non-hydrogen) atoms. The lowest BCUT2D eigenvalue weighted by molar-refractivity contribution is -0.143. The lowest BCUT2D eigenvalue weighted by atomic mass is 9.98. The zero-order valence-corrected chi connectivity index (χ0v) is 16.6. The Labute approximate surface area is 183 Å². The number of rotatable bonds is 4. The van der Waals surface area contributed by atoms with Gasteiger partial charge in [0, 0.05) is 42.3 Å². The number of carbonyl (C=O) groups excluding carboxylic acids is 1. The maximum absolute atomic E-state index is 13.7. The van der Waals surface area contributed by atoms with Gasteiger partial charge in [0.1, 0.15) is 5.82 Å². The van der Waals surface area contributed by atoms with Gasteiger partial charge < -0.3 is 10.5 Å². The van der Waals surface area contributed by atoms with E-state index in [1.54, 1.807) is 6.04 Å². The number of allylic oxidation sites excluding steroid dienone is 1. The van der Waals surface area contributed by atoms with Crippen molar-refractivity contribution < 1.29 is 40.3 Å². The number of terminal acetylenes is 1. The monoisotopic (exact) mass is 473 g/mol. The summed E-state index contributed by atoms with van der Waals surface area (Å²) in [5, 5.41) is 0. The first-order valence-electron chi connectivity index (χ1n) is 8.74. The number of benzene rings is 2. The summed E-state index contributed by atoms with van der Waals surface area (Å²) in [4.78, 5) is 16.6. The number of anilines is 1. The number of hydrogen-bond acceptors (Lipinski definition) is 4. The zero-order chi connectivity index (χ0) is 25.0. The normalized spacial score (nSPS) is 12.5. The van der Waals surface area contributed by atoms with E-state index in [0.717, 1.165) is 42.4 Å². The Kier molecular flexibility index (Phi) is 7.38. The number of hydrogen-bond donors (Lipinski definition) is 1. The highest BCUT2D eigenvalue weighted by Crippen LogP contribution is 2.44. The second kappa shape index (κ2) is 9.64. The Hall–Kier alpha value is -4.01. The fourth-order valence-corrected chi connectivity index (χ4v) is 2.56. The van der Waals surface area contributed by atoms with Crippen molar-refractivity contribution in [3.63, 3.8) is 0 Å². The van der Waals surface area contributed by atoms with E-state index in [1.165, 1.54) is 0 Å². The van der Waals surface area contributed by atoms with Gasteiger partial charge in [-0.2, -0.15) is 26.3 Å². The standard InChI is InChI=1S/C21H14F7N3O2/c1-3-30-11-12(10-29)16-8-13(20(23,24)25)9-17(21(26,27)28)18(16)33-19(32)31(2)15-6-4-14(22)5-7-15/h1,4-11H,29H2,2H3/b12-10+,30-11?. The zero-order valence-electron chi connectivity index (χ0n) is 16.6. The van der Waals surface area contributed by atoms with E-state index >= 15 is 0 Å². The molecule has 0 fully saturated rings. The molecule has 0 saturated carbocycles.